The molecule has 2 aliphatic rings. The van der Waals surface area contributed by atoms with Crippen molar-refractivity contribution in [2.45, 2.75) is 38.8 Å². The van der Waals surface area contributed by atoms with Crippen LogP contribution in [0.25, 0.3) is 12.2 Å². The topological polar surface area (TPSA) is 52.3 Å². The van der Waals surface area contributed by atoms with Crippen LogP contribution in [0, 0.1) is 5.92 Å². The van der Waals surface area contributed by atoms with Crippen molar-refractivity contribution in [3.63, 3.8) is 0 Å². The Morgan fingerprint density at radius 3 is 2.52 bits per heavy atom. The van der Waals surface area contributed by atoms with Gasteiger partial charge in [-0.25, -0.2) is 0 Å². The zero-order valence-corrected chi connectivity index (χ0v) is 15.8. The Bertz CT molecular complexity index is 939. The van der Waals surface area contributed by atoms with Crippen LogP contribution in [0.2, 0.25) is 0 Å². The molecule has 27 heavy (non-hydrogen) atoms. The predicted molar refractivity (Wildman–Crippen MR) is 109 cm³/mol. The molecule has 0 aliphatic heterocycles. The normalized spacial score (nSPS) is 18.6. The number of hydrogen-bond acceptors (Lipinski definition) is 3. The maximum absolute atomic E-state index is 12.6. The second-order valence-electron chi connectivity index (χ2n) is 7.83. The van der Waals surface area contributed by atoms with Crippen LogP contribution < -0.4 is 5.73 Å². The fourth-order valence-electron chi connectivity index (χ4n) is 3.95. The van der Waals surface area contributed by atoms with Crippen molar-refractivity contribution in [2.24, 2.45) is 11.7 Å². The van der Waals surface area contributed by atoms with Gasteiger partial charge in [0.25, 0.3) is 0 Å². The first-order valence-corrected chi connectivity index (χ1v) is 9.58. The molecule has 0 saturated heterocycles. The monoisotopic (exact) mass is 359 g/mol. The van der Waals surface area contributed by atoms with E-state index in [4.69, 9.17) is 10.5 Å². The average Bonchev–Trinajstić information content (AvgIpc) is 3.22. The van der Waals surface area contributed by atoms with Gasteiger partial charge in [0.05, 0.1) is 0 Å². The Morgan fingerprint density at radius 1 is 1.07 bits per heavy atom. The fraction of sp³-hybridized carbons (Fsp3) is 0.292. The van der Waals surface area contributed by atoms with E-state index in [9.17, 15) is 4.79 Å². The zero-order chi connectivity index (χ0) is 19.0. The van der Waals surface area contributed by atoms with Gasteiger partial charge in [0.1, 0.15) is 6.04 Å². The summed E-state index contributed by atoms with van der Waals surface area (Å²) in [5, 5.41) is 0. The van der Waals surface area contributed by atoms with E-state index in [2.05, 4.69) is 56.3 Å². The number of benzene rings is 2. The standard InChI is InChI=1S/C24H25NO2/c1-15(2)11-22(25)24(26)27-23-20-10-6-5-9-18(20)14-21(23)19-12-16-7-3-4-8-17(16)13-19/h3-10,12,14-15,22-23H,11,13,25H2,1-2H3/t22-,23?/m0/s1. The molecule has 0 bridgehead atoms. The van der Waals surface area contributed by atoms with Crippen molar-refractivity contribution < 1.29 is 9.53 Å². The first-order valence-electron chi connectivity index (χ1n) is 9.58. The lowest BCUT2D eigenvalue weighted by Crippen LogP contribution is -2.34. The molecule has 4 rings (SSSR count). The van der Waals surface area contributed by atoms with E-state index in [1.807, 2.05) is 18.2 Å². The molecule has 0 saturated carbocycles. The van der Waals surface area contributed by atoms with Gasteiger partial charge in [-0.05, 0) is 47.1 Å². The Labute approximate surface area is 160 Å². The van der Waals surface area contributed by atoms with Crippen molar-refractivity contribution in [1.82, 2.24) is 0 Å². The first-order chi connectivity index (χ1) is 13.0. The molecule has 0 amide bonds. The number of ether oxygens (including phenoxy) is 1. The summed E-state index contributed by atoms with van der Waals surface area (Å²) >= 11 is 0. The molecule has 3 heteroatoms. The maximum atomic E-state index is 12.6. The molecule has 0 radical (unpaired) electrons. The molecular formula is C24H25NO2. The molecule has 2 atom stereocenters. The highest BCUT2D eigenvalue weighted by Crippen LogP contribution is 2.44. The molecule has 2 aromatic carbocycles. The van der Waals surface area contributed by atoms with Crippen LogP contribution in [-0.2, 0) is 16.0 Å². The van der Waals surface area contributed by atoms with E-state index in [1.54, 1.807) is 0 Å². The van der Waals surface area contributed by atoms with Crippen LogP contribution in [-0.4, -0.2) is 12.0 Å². The quantitative estimate of drug-likeness (QED) is 0.789. The lowest BCUT2D eigenvalue weighted by Gasteiger charge is -2.21. The smallest absolute Gasteiger partial charge is 0.323 e. The molecule has 2 aromatic rings. The van der Waals surface area contributed by atoms with Crippen LogP contribution >= 0.6 is 0 Å². The predicted octanol–water partition coefficient (Wildman–Crippen LogP) is 4.68. The highest BCUT2D eigenvalue weighted by molar-refractivity contribution is 5.81. The number of hydrogen-bond donors (Lipinski definition) is 1. The van der Waals surface area contributed by atoms with Gasteiger partial charge >= 0.3 is 5.97 Å². The van der Waals surface area contributed by atoms with E-state index in [0.29, 0.717) is 12.3 Å². The van der Waals surface area contributed by atoms with Crippen LogP contribution in [0.1, 0.15) is 48.6 Å². The van der Waals surface area contributed by atoms with Gasteiger partial charge in [0, 0.05) is 11.1 Å². The highest BCUT2D eigenvalue weighted by Gasteiger charge is 2.33. The largest absolute Gasteiger partial charge is 0.451 e. The zero-order valence-electron chi connectivity index (χ0n) is 15.8. The van der Waals surface area contributed by atoms with Crippen LogP contribution in [0.4, 0.5) is 0 Å². The molecule has 0 aromatic heterocycles. The number of carbonyl (C=O) groups excluding carboxylic acids is 1. The molecule has 1 unspecified atom stereocenters. The lowest BCUT2D eigenvalue weighted by atomic mass is 9.98. The first kappa shape index (κ1) is 17.7. The minimum Gasteiger partial charge on any atom is -0.451 e. The van der Waals surface area contributed by atoms with Gasteiger partial charge in [-0.1, -0.05) is 68.5 Å². The Morgan fingerprint density at radius 2 is 1.78 bits per heavy atom. The van der Waals surface area contributed by atoms with E-state index < -0.39 is 6.04 Å². The summed E-state index contributed by atoms with van der Waals surface area (Å²) in [5.41, 5.74) is 13.1. The molecule has 0 heterocycles. The molecule has 3 nitrogen and oxygen atoms in total. The van der Waals surface area contributed by atoms with Crippen LogP contribution in [0.5, 0.6) is 0 Å². The van der Waals surface area contributed by atoms with E-state index in [1.165, 1.54) is 16.7 Å². The molecule has 0 spiro atoms. The minimum absolute atomic E-state index is 0.326. The third-order valence-electron chi connectivity index (χ3n) is 5.27. The number of esters is 1. The summed E-state index contributed by atoms with van der Waals surface area (Å²) in [6.45, 7) is 4.12. The second-order valence-corrected chi connectivity index (χ2v) is 7.83. The summed E-state index contributed by atoms with van der Waals surface area (Å²) in [5.74, 6) is 0.0258. The van der Waals surface area contributed by atoms with Gasteiger partial charge < -0.3 is 10.5 Å². The summed E-state index contributed by atoms with van der Waals surface area (Å²) in [6.07, 6.45) is 5.47. The van der Waals surface area contributed by atoms with Crippen LogP contribution in [0.15, 0.2) is 59.7 Å². The number of nitrogens with two attached hydrogens (primary N) is 1. The Hall–Kier alpha value is -2.65. The van der Waals surface area contributed by atoms with E-state index in [-0.39, 0.29) is 12.1 Å². The lowest BCUT2D eigenvalue weighted by molar-refractivity contribution is -0.149. The summed E-state index contributed by atoms with van der Waals surface area (Å²) in [6, 6.07) is 15.9. The van der Waals surface area contributed by atoms with E-state index >= 15 is 0 Å². The molecular weight excluding hydrogens is 334 g/mol. The summed E-state index contributed by atoms with van der Waals surface area (Å²) in [7, 11) is 0. The number of rotatable bonds is 5. The second kappa shape index (κ2) is 7.16. The van der Waals surface area contributed by atoms with Crippen molar-refractivity contribution in [2.75, 3.05) is 0 Å². The highest BCUT2D eigenvalue weighted by atomic mass is 16.5. The summed E-state index contributed by atoms with van der Waals surface area (Å²) in [4.78, 5) is 12.6. The molecule has 2 N–H and O–H groups in total. The number of fused-ring (bicyclic) bond motifs is 2. The van der Waals surface area contributed by atoms with E-state index in [0.717, 1.165) is 23.1 Å². The summed E-state index contributed by atoms with van der Waals surface area (Å²) < 4.78 is 5.95. The Balaban J connectivity index is 1.62. The van der Waals surface area contributed by atoms with Gasteiger partial charge in [-0.2, -0.15) is 0 Å². The minimum atomic E-state index is -0.589. The molecule has 2 aliphatic carbocycles. The van der Waals surface area contributed by atoms with Crippen molar-refractivity contribution in [3.05, 3.63) is 81.9 Å². The average molecular weight is 359 g/mol. The van der Waals surface area contributed by atoms with Gasteiger partial charge in [-0.15, -0.1) is 0 Å². The molecule has 0 fully saturated rings. The van der Waals surface area contributed by atoms with Crippen LogP contribution in [0.3, 0.4) is 0 Å². The Kier molecular flexibility index (Phi) is 4.71. The third kappa shape index (κ3) is 3.47. The number of carbonyl (C=O) groups is 1. The SMILES string of the molecule is CC(C)C[C@H](N)C(=O)OC1C(C2=Cc3ccccc3C2)=Cc2ccccc21. The molecule has 138 valence electrons. The van der Waals surface area contributed by atoms with Gasteiger partial charge in [-0.3, -0.25) is 4.79 Å². The van der Waals surface area contributed by atoms with Crippen molar-refractivity contribution in [1.29, 1.82) is 0 Å². The van der Waals surface area contributed by atoms with Crippen molar-refractivity contribution in [3.8, 4) is 0 Å². The van der Waals surface area contributed by atoms with Gasteiger partial charge in [0.2, 0.25) is 0 Å². The third-order valence-corrected chi connectivity index (χ3v) is 5.27. The van der Waals surface area contributed by atoms with Gasteiger partial charge in [0.15, 0.2) is 6.10 Å². The van der Waals surface area contributed by atoms with Crippen molar-refractivity contribution >= 4 is 18.1 Å². The maximum Gasteiger partial charge on any atom is 0.323 e. The fourth-order valence-corrected chi connectivity index (χ4v) is 3.95.